The van der Waals surface area contributed by atoms with Gasteiger partial charge in [0.1, 0.15) is 17.3 Å². The molecule has 0 saturated heterocycles. The van der Waals surface area contributed by atoms with Crippen LogP contribution in [0.1, 0.15) is 12.8 Å². The molecule has 0 radical (unpaired) electrons. The zero-order chi connectivity index (χ0) is 15.8. The predicted molar refractivity (Wildman–Crippen MR) is 71.2 cm³/mol. The van der Waals surface area contributed by atoms with Crippen molar-refractivity contribution in [3.63, 3.8) is 0 Å². The number of aromatic nitrogens is 1. The highest BCUT2D eigenvalue weighted by Gasteiger charge is 2.40. The van der Waals surface area contributed by atoms with E-state index in [1.54, 1.807) is 0 Å². The fraction of sp³-hybridized carbons (Fsp3) is 0.545. The van der Waals surface area contributed by atoms with Crippen LogP contribution in [0.4, 0.5) is 19.0 Å². The van der Waals surface area contributed by atoms with Crippen molar-refractivity contribution in [3.05, 3.63) is 17.3 Å². The van der Waals surface area contributed by atoms with Crippen LogP contribution in [0.3, 0.4) is 0 Å². The molecule has 1 saturated carbocycles. The van der Waals surface area contributed by atoms with Gasteiger partial charge < -0.3 is 5.73 Å². The molecule has 5 nitrogen and oxygen atoms in total. The van der Waals surface area contributed by atoms with E-state index >= 15 is 0 Å². The molecule has 10 heteroatoms. The third kappa shape index (κ3) is 4.21. The number of halogens is 4. The number of hydrogen-bond donors (Lipinski definition) is 1. The van der Waals surface area contributed by atoms with E-state index < -0.39 is 27.6 Å². The van der Waals surface area contributed by atoms with Crippen LogP contribution in [0, 0.1) is 5.92 Å². The Kier molecular flexibility index (Phi) is 4.36. The van der Waals surface area contributed by atoms with E-state index in [0.29, 0.717) is 17.1 Å². The summed E-state index contributed by atoms with van der Waals surface area (Å²) < 4.78 is 63.1. The molecule has 118 valence electrons. The van der Waals surface area contributed by atoms with Gasteiger partial charge in [-0.1, -0.05) is 11.6 Å². The monoisotopic (exact) mass is 343 g/mol. The smallest absolute Gasteiger partial charge is 0.383 e. The molecule has 0 aromatic carbocycles. The highest BCUT2D eigenvalue weighted by molar-refractivity contribution is 7.89. The molecule has 0 spiro atoms. The van der Waals surface area contributed by atoms with Crippen LogP contribution in [0.25, 0.3) is 0 Å². The van der Waals surface area contributed by atoms with Crippen molar-refractivity contribution in [2.75, 3.05) is 18.8 Å². The standard InChI is InChI=1S/C11H13ClF3N3O2S/c12-8-3-9(10(16)17-4-8)21(19,20)18(5-7-1-2-7)6-11(13,14)15/h3-4,7H,1-2,5-6H2,(H2,16,17). The molecule has 1 aromatic heterocycles. The summed E-state index contributed by atoms with van der Waals surface area (Å²) >= 11 is 5.66. The Balaban J connectivity index is 2.38. The van der Waals surface area contributed by atoms with Crippen LogP contribution in [-0.4, -0.2) is 37.0 Å². The van der Waals surface area contributed by atoms with E-state index in [1.165, 1.54) is 0 Å². The number of hydrogen-bond acceptors (Lipinski definition) is 4. The molecule has 21 heavy (non-hydrogen) atoms. The lowest BCUT2D eigenvalue weighted by Crippen LogP contribution is -2.40. The van der Waals surface area contributed by atoms with E-state index in [0.717, 1.165) is 12.3 Å². The topological polar surface area (TPSA) is 76.3 Å². The van der Waals surface area contributed by atoms with Gasteiger partial charge in [0.25, 0.3) is 0 Å². The number of pyridine rings is 1. The van der Waals surface area contributed by atoms with Crippen LogP contribution in [0.15, 0.2) is 17.2 Å². The normalized spacial score (nSPS) is 16.4. The number of rotatable bonds is 5. The van der Waals surface area contributed by atoms with Gasteiger partial charge in [-0.3, -0.25) is 0 Å². The minimum Gasteiger partial charge on any atom is -0.383 e. The maximum Gasteiger partial charge on any atom is 0.402 e. The molecule has 0 atom stereocenters. The first-order valence-corrected chi connectivity index (χ1v) is 7.89. The second-order valence-electron chi connectivity index (χ2n) is 4.89. The van der Waals surface area contributed by atoms with Crippen molar-refractivity contribution < 1.29 is 21.6 Å². The number of sulfonamides is 1. The quantitative estimate of drug-likeness (QED) is 0.889. The van der Waals surface area contributed by atoms with Gasteiger partial charge in [0, 0.05) is 12.7 Å². The van der Waals surface area contributed by atoms with Gasteiger partial charge in [0.2, 0.25) is 10.0 Å². The number of anilines is 1. The van der Waals surface area contributed by atoms with Gasteiger partial charge in [0.15, 0.2) is 0 Å². The van der Waals surface area contributed by atoms with Crippen LogP contribution < -0.4 is 5.73 Å². The Hall–Kier alpha value is -1.06. The summed E-state index contributed by atoms with van der Waals surface area (Å²) in [6.07, 6.45) is -2.08. The molecule has 1 aromatic rings. The van der Waals surface area contributed by atoms with E-state index in [4.69, 9.17) is 17.3 Å². The molecule has 1 aliphatic rings. The van der Waals surface area contributed by atoms with Crippen LogP contribution in [-0.2, 0) is 10.0 Å². The highest BCUT2D eigenvalue weighted by atomic mass is 35.5. The summed E-state index contributed by atoms with van der Waals surface area (Å²) in [6.45, 7) is -1.74. The fourth-order valence-electron chi connectivity index (χ4n) is 1.81. The lowest BCUT2D eigenvalue weighted by Gasteiger charge is -2.23. The Bertz CT molecular complexity index is 632. The summed E-state index contributed by atoms with van der Waals surface area (Å²) in [5.41, 5.74) is 5.47. The second kappa shape index (κ2) is 5.62. The average Bonchev–Trinajstić information content (AvgIpc) is 3.13. The summed E-state index contributed by atoms with van der Waals surface area (Å²) in [4.78, 5) is 3.08. The maximum atomic E-state index is 12.6. The zero-order valence-electron chi connectivity index (χ0n) is 10.8. The fourth-order valence-corrected chi connectivity index (χ4v) is 3.63. The van der Waals surface area contributed by atoms with Crippen LogP contribution >= 0.6 is 11.6 Å². The number of nitrogens with two attached hydrogens (primary N) is 1. The second-order valence-corrected chi connectivity index (χ2v) is 7.24. The summed E-state index contributed by atoms with van der Waals surface area (Å²) in [5.74, 6) is -0.419. The van der Waals surface area contributed by atoms with E-state index in [1.807, 2.05) is 0 Å². The van der Waals surface area contributed by atoms with Gasteiger partial charge >= 0.3 is 6.18 Å². The van der Waals surface area contributed by atoms with Crippen molar-refractivity contribution in [1.29, 1.82) is 0 Å². The van der Waals surface area contributed by atoms with Gasteiger partial charge in [0.05, 0.1) is 5.02 Å². The SMILES string of the molecule is Nc1ncc(Cl)cc1S(=O)(=O)N(CC1CC1)CC(F)(F)F. The van der Waals surface area contributed by atoms with Gasteiger partial charge in [-0.25, -0.2) is 13.4 Å². The minimum atomic E-state index is -4.64. The summed E-state index contributed by atoms with van der Waals surface area (Å²) in [7, 11) is -4.40. The Morgan fingerprint density at radius 2 is 2.05 bits per heavy atom. The van der Waals surface area contributed by atoms with Crippen LogP contribution in [0.5, 0.6) is 0 Å². The number of nitrogens with zero attached hydrogens (tertiary/aromatic N) is 2. The molecule has 1 aliphatic carbocycles. The zero-order valence-corrected chi connectivity index (χ0v) is 12.3. The Morgan fingerprint density at radius 3 is 2.57 bits per heavy atom. The van der Waals surface area contributed by atoms with E-state index in [9.17, 15) is 21.6 Å². The molecule has 2 N–H and O–H groups in total. The first-order valence-electron chi connectivity index (χ1n) is 6.07. The average molecular weight is 344 g/mol. The van der Waals surface area contributed by atoms with E-state index in [-0.39, 0.29) is 23.3 Å². The van der Waals surface area contributed by atoms with Gasteiger partial charge in [-0.2, -0.15) is 17.5 Å². The largest absolute Gasteiger partial charge is 0.402 e. The maximum absolute atomic E-state index is 12.6. The molecule has 0 bridgehead atoms. The number of alkyl halides is 3. The van der Waals surface area contributed by atoms with Crippen LogP contribution in [0.2, 0.25) is 5.02 Å². The molecular weight excluding hydrogens is 331 g/mol. The molecule has 1 fully saturated rings. The lowest BCUT2D eigenvalue weighted by atomic mass is 10.4. The molecule has 0 amide bonds. The first kappa shape index (κ1) is 16.3. The molecule has 0 aliphatic heterocycles. The van der Waals surface area contributed by atoms with E-state index in [2.05, 4.69) is 4.98 Å². The molecule has 2 rings (SSSR count). The van der Waals surface area contributed by atoms with Crippen molar-refractivity contribution in [1.82, 2.24) is 9.29 Å². The van der Waals surface area contributed by atoms with Gasteiger partial charge in [-0.15, -0.1) is 0 Å². The minimum absolute atomic E-state index is 0.0128. The van der Waals surface area contributed by atoms with Crippen molar-refractivity contribution in [2.45, 2.75) is 23.9 Å². The molecule has 0 unspecified atom stereocenters. The molecule has 1 heterocycles. The highest BCUT2D eigenvalue weighted by Crippen LogP contribution is 2.34. The summed E-state index contributed by atoms with van der Waals surface area (Å²) in [5, 5.41) is -0.0128. The third-order valence-corrected chi connectivity index (χ3v) is 5.03. The predicted octanol–water partition coefficient (Wildman–Crippen LogP) is 2.28. The third-order valence-electron chi connectivity index (χ3n) is 2.98. The van der Waals surface area contributed by atoms with Crippen molar-refractivity contribution in [3.8, 4) is 0 Å². The summed E-state index contributed by atoms with van der Waals surface area (Å²) in [6, 6.07) is 1.01. The number of nitrogen functional groups attached to an aromatic ring is 1. The van der Waals surface area contributed by atoms with Crippen molar-refractivity contribution >= 4 is 27.4 Å². The van der Waals surface area contributed by atoms with Crippen molar-refractivity contribution in [2.24, 2.45) is 5.92 Å². The van der Waals surface area contributed by atoms with Gasteiger partial charge in [-0.05, 0) is 24.8 Å². The Morgan fingerprint density at radius 1 is 1.43 bits per heavy atom. The molecular formula is C11H13ClF3N3O2S. The Labute approximate surface area is 124 Å². The lowest BCUT2D eigenvalue weighted by molar-refractivity contribution is -0.136. The first-order chi connectivity index (χ1) is 9.59.